The summed E-state index contributed by atoms with van der Waals surface area (Å²) in [7, 11) is -2.93. The molecule has 2 heterocycles. The summed E-state index contributed by atoms with van der Waals surface area (Å²) in [4.78, 5) is 47.1. The van der Waals surface area contributed by atoms with Crippen LogP contribution in [0.5, 0.6) is 11.6 Å². The molecule has 42 heavy (non-hydrogen) atoms. The second-order valence-electron chi connectivity index (χ2n) is 8.96. The first kappa shape index (κ1) is 30.7. The summed E-state index contributed by atoms with van der Waals surface area (Å²) < 4.78 is 34.9. The van der Waals surface area contributed by atoms with Crippen LogP contribution in [0.4, 0.5) is 11.6 Å². The van der Waals surface area contributed by atoms with Crippen molar-refractivity contribution in [3.05, 3.63) is 103 Å². The highest BCUT2D eigenvalue weighted by Gasteiger charge is 2.22. The van der Waals surface area contributed by atoms with Gasteiger partial charge in [-0.15, -0.1) is 0 Å². The molecule has 0 saturated carbocycles. The van der Waals surface area contributed by atoms with E-state index >= 15 is 0 Å². The lowest BCUT2D eigenvalue weighted by Crippen LogP contribution is -2.47. The summed E-state index contributed by atoms with van der Waals surface area (Å²) >= 11 is 11.9. The van der Waals surface area contributed by atoms with Crippen molar-refractivity contribution in [2.24, 2.45) is 5.92 Å². The Bertz CT molecular complexity index is 1790. The molecule has 0 aliphatic rings. The average molecular weight is 635 g/mol. The number of halogens is 2. The van der Waals surface area contributed by atoms with Crippen molar-refractivity contribution >= 4 is 51.0 Å². The molecule has 0 saturated heterocycles. The molecule has 0 spiro atoms. The van der Waals surface area contributed by atoms with E-state index in [1.165, 1.54) is 17.7 Å². The quantitative estimate of drug-likeness (QED) is 0.225. The molecule has 16 heteroatoms. The zero-order chi connectivity index (χ0) is 30.4. The van der Waals surface area contributed by atoms with E-state index in [2.05, 4.69) is 15.3 Å². The monoisotopic (exact) mass is 633 g/mol. The van der Waals surface area contributed by atoms with Crippen LogP contribution in [0.15, 0.2) is 76.4 Å². The van der Waals surface area contributed by atoms with Gasteiger partial charge in [-0.25, -0.2) is 28.6 Å². The Morgan fingerprint density at radius 3 is 2.26 bits per heavy atom. The Hall–Kier alpha value is -4.24. The topological polar surface area (TPSA) is 166 Å². The van der Waals surface area contributed by atoms with Crippen molar-refractivity contribution < 1.29 is 17.9 Å². The zero-order valence-electron chi connectivity index (χ0n) is 22.2. The van der Waals surface area contributed by atoms with E-state index in [0.29, 0.717) is 32.9 Å². The number of nitrogens with zero attached hydrogens (tertiary/aromatic N) is 4. The number of hydrogen-bond donors (Lipinski definition) is 3. The van der Waals surface area contributed by atoms with E-state index in [0.717, 1.165) is 11.6 Å². The summed E-state index contributed by atoms with van der Waals surface area (Å²) in [6, 6.07) is 16.6. The van der Waals surface area contributed by atoms with Crippen molar-refractivity contribution in [1.82, 2.24) is 28.5 Å². The normalized spacial score (nSPS) is 12.0. The molecular weight excluding hydrogens is 609 g/mol. The molecule has 3 N–H and O–H groups in total. The fourth-order valence-corrected chi connectivity index (χ4v) is 4.42. The molecule has 4 rings (SSSR count). The Kier molecular flexibility index (Phi) is 9.63. The van der Waals surface area contributed by atoms with Crippen molar-refractivity contribution in [2.75, 3.05) is 12.4 Å². The van der Waals surface area contributed by atoms with Crippen molar-refractivity contribution in [1.29, 1.82) is 0 Å². The summed E-state index contributed by atoms with van der Waals surface area (Å²) in [5.74, 6) is -1.21. The number of carbonyl (C=O) groups is 1. The SMILES string of the molecule is CNS(=O)(=O)NC(=O)[C@@H](C)Cn1c(=O)nc(Nc2ccc(Oc3ccc(Cl)cn3)cc2)n(Cc2ccc(Cl)cc2)c1=O. The summed E-state index contributed by atoms with van der Waals surface area (Å²) in [6.07, 6.45) is 1.46. The molecule has 0 unspecified atom stereocenters. The van der Waals surface area contributed by atoms with Gasteiger partial charge in [0, 0.05) is 36.6 Å². The zero-order valence-corrected chi connectivity index (χ0v) is 24.6. The first-order valence-corrected chi connectivity index (χ1v) is 14.6. The predicted molar refractivity (Wildman–Crippen MR) is 158 cm³/mol. The third-order valence-electron chi connectivity index (χ3n) is 5.84. The van der Waals surface area contributed by atoms with Crippen LogP contribution in [0.3, 0.4) is 0 Å². The van der Waals surface area contributed by atoms with E-state index in [1.54, 1.807) is 60.7 Å². The lowest BCUT2D eigenvalue weighted by molar-refractivity contribution is -0.123. The number of amides is 1. The van der Waals surface area contributed by atoms with Crippen LogP contribution in [-0.2, 0) is 28.1 Å². The number of aromatic nitrogens is 4. The number of hydrogen-bond acceptors (Lipinski definition) is 9. The fraction of sp³-hybridized carbons (Fsp3) is 0.192. The van der Waals surface area contributed by atoms with Gasteiger partial charge in [0.15, 0.2) is 0 Å². The van der Waals surface area contributed by atoms with E-state index in [9.17, 15) is 22.8 Å². The van der Waals surface area contributed by atoms with Gasteiger partial charge in [-0.2, -0.15) is 13.4 Å². The van der Waals surface area contributed by atoms with Gasteiger partial charge in [-0.05, 0) is 48.0 Å². The smallest absolute Gasteiger partial charge is 0.354 e. The number of nitrogens with one attached hydrogen (secondary N) is 3. The first-order valence-electron chi connectivity index (χ1n) is 12.3. The minimum atomic E-state index is -4.07. The van der Waals surface area contributed by atoms with E-state index in [-0.39, 0.29) is 12.5 Å². The third kappa shape index (κ3) is 7.94. The molecule has 1 amide bonds. The van der Waals surface area contributed by atoms with Gasteiger partial charge < -0.3 is 10.1 Å². The summed E-state index contributed by atoms with van der Waals surface area (Å²) in [5.41, 5.74) is -0.524. The van der Waals surface area contributed by atoms with Gasteiger partial charge >= 0.3 is 21.6 Å². The fourth-order valence-electron chi connectivity index (χ4n) is 3.62. The molecular formula is C26H25Cl2N7O6S. The standard InChI is InChI=1S/C26H25Cl2N7O6S/c1-16(23(36)33-42(39,40)29-2)14-35-25(37)32-24(34(26(35)38)15-17-3-5-18(27)6-4-17)31-20-8-10-21(11-9-20)41-22-12-7-19(28)13-30-22/h3-13,16,29H,14-15H2,1-2H3,(H,33,36)(H,31,32,37)/t16-/m0/s1. The molecule has 0 aliphatic heterocycles. The lowest BCUT2D eigenvalue weighted by atomic mass is 10.2. The maximum atomic E-state index is 13.6. The second-order valence-corrected chi connectivity index (χ2v) is 11.5. The Morgan fingerprint density at radius 1 is 0.976 bits per heavy atom. The minimum Gasteiger partial charge on any atom is -0.439 e. The molecule has 0 fully saturated rings. The summed E-state index contributed by atoms with van der Waals surface area (Å²) in [5, 5.41) is 3.96. The Balaban J connectivity index is 1.63. The Morgan fingerprint density at radius 2 is 1.64 bits per heavy atom. The molecule has 1 atom stereocenters. The largest absolute Gasteiger partial charge is 0.439 e. The highest BCUT2D eigenvalue weighted by atomic mass is 35.5. The average Bonchev–Trinajstić information content (AvgIpc) is 2.96. The van der Waals surface area contributed by atoms with Gasteiger partial charge in [0.1, 0.15) is 5.75 Å². The van der Waals surface area contributed by atoms with Crippen LogP contribution in [0.25, 0.3) is 0 Å². The van der Waals surface area contributed by atoms with Gasteiger partial charge in [0.25, 0.3) is 0 Å². The van der Waals surface area contributed by atoms with E-state index in [1.807, 2.05) is 9.44 Å². The van der Waals surface area contributed by atoms with Crippen molar-refractivity contribution in [2.45, 2.75) is 20.0 Å². The van der Waals surface area contributed by atoms with Crippen LogP contribution in [0.1, 0.15) is 12.5 Å². The molecule has 220 valence electrons. The van der Waals surface area contributed by atoms with E-state index in [4.69, 9.17) is 27.9 Å². The van der Waals surface area contributed by atoms with E-state index < -0.39 is 40.0 Å². The number of carbonyl (C=O) groups excluding carboxylic acids is 1. The van der Waals surface area contributed by atoms with Crippen LogP contribution >= 0.6 is 23.2 Å². The van der Waals surface area contributed by atoms with Gasteiger partial charge in [0.2, 0.25) is 17.7 Å². The van der Waals surface area contributed by atoms with Crippen LogP contribution in [0.2, 0.25) is 10.0 Å². The van der Waals surface area contributed by atoms with Gasteiger partial charge in [-0.3, -0.25) is 9.36 Å². The number of ether oxygens (including phenoxy) is 1. The molecule has 0 aliphatic carbocycles. The number of rotatable bonds is 11. The molecule has 0 bridgehead atoms. The molecule has 4 aromatic rings. The number of benzene rings is 2. The first-order chi connectivity index (χ1) is 19.9. The Labute approximate surface area is 250 Å². The lowest BCUT2D eigenvalue weighted by Gasteiger charge is -2.17. The van der Waals surface area contributed by atoms with Gasteiger partial charge in [0.05, 0.1) is 17.5 Å². The van der Waals surface area contributed by atoms with Crippen LogP contribution in [-0.4, -0.2) is 40.5 Å². The second kappa shape index (κ2) is 13.2. The molecule has 0 radical (unpaired) electrons. The number of pyridine rings is 1. The van der Waals surface area contributed by atoms with Crippen molar-refractivity contribution in [3.8, 4) is 11.6 Å². The molecule has 13 nitrogen and oxygen atoms in total. The molecule has 2 aromatic carbocycles. The molecule has 2 aromatic heterocycles. The highest BCUT2D eigenvalue weighted by molar-refractivity contribution is 7.88. The minimum absolute atomic E-state index is 0.00373. The van der Waals surface area contributed by atoms with Gasteiger partial charge in [-0.1, -0.05) is 42.3 Å². The van der Waals surface area contributed by atoms with Crippen LogP contribution < -0.4 is 30.9 Å². The highest BCUT2D eigenvalue weighted by Crippen LogP contribution is 2.23. The summed E-state index contributed by atoms with van der Waals surface area (Å²) in [6.45, 7) is 0.969. The predicted octanol–water partition coefficient (Wildman–Crippen LogP) is 2.91. The van der Waals surface area contributed by atoms with Crippen molar-refractivity contribution in [3.63, 3.8) is 0 Å². The number of anilines is 2. The van der Waals surface area contributed by atoms with Crippen LogP contribution in [0, 0.1) is 5.92 Å². The third-order valence-corrected chi connectivity index (χ3v) is 7.33. The maximum Gasteiger partial charge on any atom is 0.354 e. The maximum absolute atomic E-state index is 13.6.